The molecule has 78 valence electrons. The molecule has 3 nitrogen and oxygen atoms in total. The summed E-state index contributed by atoms with van der Waals surface area (Å²) in [6, 6.07) is 1.01. The normalized spacial score (nSPS) is 11.5. The summed E-state index contributed by atoms with van der Waals surface area (Å²) in [7, 11) is 0. The summed E-state index contributed by atoms with van der Waals surface area (Å²) in [6.45, 7) is 0. The summed E-state index contributed by atoms with van der Waals surface area (Å²) in [6.07, 6.45) is -4.73. The van der Waals surface area contributed by atoms with Gasteiger partial charge in [0, 0.05) is 6.07 Å². The first-order chi connectivity index (χ1) is 6.29. The van der Waals surface area contributed by atoms with Gasteiger partial charge in [-0.1, -0.05) is 0 Å². The number of alkyl halides is 3. The third-order valence-electron chi connectivity index (χ3n) is 1.13. The molecule has 0 aliphatic heterocycles. The van der Waals surface area contributed by atoms with Crippen LogP contribution in [0.3, 0.4) is 0 Å². The third-order valence-corrected chi connectivity index (χ3v) is 3.49. The molecule has 0 aliphatic carbocycles. The van der Waals surface area contributed by atoms with Gasteiger partial charge in [-0.05, 0) is 38.5 Å². The lowest BCUT2D eigenvalue weighted by atomic mass is 10.4. The molecular formula is C6H3BrF3IN2O. The Morgan fingerprint density at radius 1 is 1.50 bits per heavy atom. The molecule has 14 heavy (non-hydrogen) atoms. The van der Waals surface area contributed by atoms with E-state index in [-0.39, 0.29) is 19.7 Å². The highest BCUT2D eigenvalue weighted by atomic mass is 127. The highest BCUT2D eigenvalue weighted by Crippen LogP contribution is 2.32. The number of nitrogen functional groups attached to an aromatic ring is 1. The average molecular weight is 383 g/mol. The zero-order chi connectivity index (χ0) is 10.9. The van der Waals surface area contributed by atoms with Crippen LogP contribution < -0.4 is 10.5 Å². The second-order valence-corrected chi connectivity index (χ2v) is 4.03. The van der Waals surface area contributed by atoms with Crippen LogP contribution in [0.25, 0.3) is 0 Å². The maximum atomic E-state index is 11.9. The van der Waals surface area contributed by atoms with Crippen LogP contribution >= 0.6 is 38.5 Å². The number of halogens is 5. The van der Waals surface area contributed by atoms with E-state index in [0.717, 1.165) is 6.07 Å². The molecule has 0 radical (unpaired) electrons. The summed E-state index contributed by atoms with van der Waals surface area (Å²) in [4.78, 5) is 3.70. The van der Waals surface area contributed by atoms with Crippen molar-refractivity contribution in [1.29, 1.82) is 0 Å². The Hall–Kier alpha value is -0.250. The number of hydrogen-bond donors (Lipinski definition) is 1. The SMILES string of the molecule is Nc1cc(OC(F)(F)F)c(I)c(Br)n1. The predicted octanol–water partition coefficient (Wildman–Crippen LogP) is 2.93. The molecule has 0 saturated heterocycles. The molecule has 8 heteroatoms. The summed E-state index contributed by atoms with van der Waals surface area (Å²) in [5.41, 5.74) is 5.26. The van der Waals surface area contributed by atoms with E-state index < -0.39 is 6.36 Å². The van der Waals surface area contributed by atoms with Crippen LogP contribution in [0.1, 0.15) is 0 Å². The van der Waals surface area contributed by atoms with Crippen LogP contribution in [0, 0.1) is 3.57 Å². The number of pyridine rings is 1. The average Bonchev–Trinajstić information content (AvgIpc) is 1.96. The molecule has 0 spiro atoms. The van der Waals surface area contributed by atoms with Crippen molar-refractivity contribution in [3.8, 4) is 5.75 Å². The van der Waals surface area contributed by atoms with Crippen molar-refractivity contribution in [2.24, 2.45) is 0 Å². The molecule has 1 rings (SSSR count). The van der Waals surface area contributed by atoms with Crippen molar-refractivity contribution in [3.63, 3.8) is 0 Å². The number of hydrogen-bond acceptors (Lipinski definition) is 3. The van der Waals surface area contributed by atoms with Gasteiger partial charge in [-0.15, -0.1) is 13.2 Å². The second-order valence-electron chi connectivity index (χ2n) is 2.20. The molecule has 2 N–H and O–H groups in total. The first-order valence-corrected chi connectivity index (χ1v) is 5.04. The van der Waals surface area contributed by atoms with E-state index in [4.69, 9.17) is 5.73 Å². The van der Waals surface area contributed by atoms with E-state index in [1.54, 1.807) is 22.6 Å². The van der Waals surface area contributed by atoms with E-state index >= 15 is 0 Å². The predicted molar refractivity (Wildman–Crippen MR) is 55.7 cm³/mol. The van der Waals surface area contributed by atoms with Crippen LogP contribution in [0.2, 0.25) is 0 Å². The van der Waals surface area contributed by atoms with Crippen LogP contribution in [0.15, 0.2) is 10.7 Å². The number of ether oxygens (including phenoxy) is 1. The van der Waals surface area contributed by atoms with Crippen molar-refractivity contribution in [2.45, 2.75) is 6.36 Å². The molecule has 1 aromatic heterocycles. The molecule has 0 aliphatic rings. The number of aromatic nitrogens is 1. The van der Waals surface area contributed by atoms with Crippen molar-refractivity contribution in [2.75, 3.05) is 5.73 Å². The van der Waals surface area contributed by atoms with Crippen molar-refractivity contribution < 1.29 is 17.9 Å². The van der Waals surface area contributed by atoms with Gasteiger partial charge in [-0.3, -0.25) is 0 Å². The summed E-state index contributed by atoms with van der Waals surface area (Å²) in [5, 5.41) is 0. The molecule has 1 heterocycles. The molecule has 1 aromatic rings. The Balaban J connectivity index is 3.09. The fourth-order valence-electron chi connectivity index (χ4n) is 0.693. The first kappa shape index (κ1) is 11.8. The highest BCUT2D eigenvalue weighted by molar-refractivity contribution is 14.1. The maximum Gasteiger partial charge on any atom is 0.573 e. The fraction of sp³-hybridized carbons (Fsp3) is 0.167. The summed E-state index contributed by atoms with van der Waals surface area (Å²) in [5.74, 6) is -0.408. The van der Waals surface area contributed by atoms with E-state index in [0.29, 0.717) is 0 Å². The van der Waals surface area contributed by atoms with E-state index in [9.17, 15) is 13.2 Å². The quantitative estimate of drug-likeness (QED) is 0.600. The number of nitrogens with zero attached hydrogens (tertiary/aromatic N) is 1. The number of rotatable bonds is 1. The van der Waals surface area contributed by atoms with E-state index in [2.05, 4.69) is 25.7 Å². The van der Waals surface area contributed by atoms with Gasteiger partial charge in [0.2, 0.25) is 0 Å². The molecule has 0 bridgehead atoms. The Bertz CT molecular complexity index is 358. The minimum absolute atomic E-state index is 0.0449. The topological polar surface area (TPSA) is 48.1 Å². The standard InChI is InChI=1S/C6H3BrF3IN2O/c7-5-4(11)2(1-3(12)13-5)14-6(8,9)10/h1H,(H2,12,13). The minimum Gasteiger partial charge on any atom is -0.404 e. The Morgan fingerprint density at radius 2 is 2.07 bits per heavy atom. The van der Waals surface area contributed by atoms with E-state index in [1.807, 2.05) is 0 Å². The molecular weight excluding hydrogens is 380 g/mol. The largest absolute Gasteiger partial charge is 0.573 e. The van der Waals surface area contributed by atoms with Crippen molar-refractivity contribution >= 4 is 44.3 Å². The lowest BCUT2D eigenvalue weighted by Crippen LogP contribution is -2.18. The molecule has 0 unspecified atom stereocenters. The van der Waals surface area contributed by atoms with Gasteiger partial charge in [-0.2, -0.15) is 0 Å². The van der Waals surface area contributed by atoms with Crippen molar-refractivity contribution in [1.82, 2.24) is 4.98 Å². The Labute approximate surface area is 99.1 Å². The smallest absolute Gasteiger partial charge is 0.404 e. The molecule has 0 aromatic carbocycles. The van der Waals surface area contributed by atoms with Crippen LogP contribution in [-0.4, -0.2) is 11.3 Å². The fourth-order valence-corrected chi connectivity index (χ4v) is 1.48. The number of anilines is 1. The maximum absolute atomic E-state index is 11.9. The van der Waals surface area contributed by atoms with Crippen LogP contribution in [0.5, 0.6) is 5.75 Å². The monoisotopic (exact) mass is 382 g/mol. The molecule has 0 saturated carbocycles. The zero-order valence-electron chi connectivity index (χ0n) is 6.40. The van der Waals surface area contributed by atoms with Gasteiger partial charge >= 0.3 is 6.36 Å². The lowest BCUT2D eigenvalue weighted by molar-refractivity contribution is -0.275. The number of nitrogens with two attached hydrogens (primary N) is 1. The molecule has 0 atom stereocenters. The van der Waals surface area contributed by atoms with Gasteiger partial charge in [0.1, 0.15) is 16.2 Å². The summed E-state index contributed by atoms with van der Waals surface area (Å²) >= 11 is 4.63. The molecule has 0 amide bonds. The Kier molecular flexibility index (Phi) is 3.45. The van der Waals surface area contributed by atoms with Gasteiger partial charge in [0.25, 0.3) is 0 Å². The highest BCUT2D eigenvalue weighted by Gasteiger charge is 2.32. The van der Waals surface area contributed by atoms with Gasteiger partial charge in [-0.25, -0.2) is 4.98 Å². The van der Waals surface area contributed by atoms with Gasteiger partial charge < -0.3 is 10.5 Å². The van der Waals surface area contributed by atoms with Gasteiger partial charge in [0.05, 0.1) is 3.57 Å². The van der Waals surface area contributed by atoms with Crippen molar-refractivity contribution in [3.05, 3.63) is 14.2 Å². The van der Waals surface area contributed by atoms with Crippen LogP contribution in [-0.2, 0) is 0 Å². The lowest BCUT2D eigenvalue weighted by Gasteiger charge is -2.11. The summed E-state index contributed by atoms with van der Waals surface area (Å²) < 4.78 is 39.8. The second kappa shape index (κ2) is 4.09. The van der Waals surface area contributed by atoms with E-state index in [1.165, 1.54) is 0 Å². The van der Waals surface area contributed by atoms with Gasteiger partial charge in [0.15, 0.2) is 0 Å². The minimum atomic E-state index is -4.73. The third kappa shape index (κ3) is 3.15. The molecule has 0 fully saturated rings. The van der Waals surface area contributed by atoms with Crippen LogP contribution in [0.4, 0.5) is 19.0 Å². The first-order valence-electron chi connectivity index (χ1n) is 3.17. The Morgan fingerprint density at radius 3 is 2.57 bits per heavy atom. The zero-order valence-corrected chi connectivity index (χ0v) is 10.1.